The fraction of sp³-hybridized carbons (Fsp3) is 0.200. The molecule has 0 unspecified atom stereocenters. The second-order valence-corrected chi connectivity index (χ2v) is 4.81. The third kappa shape index (κ3) is 2.29. The van der Waals surface area contributed by atoms with Gasteiger partial charge in [0.1, 0.15) is 5.75 Å². The summed E-state index contributed by atoms with van der Waals surface area (Å²) in [5.41, 5.74) is 3.44. The Balaban J connectivity index is 1.81. The predicted octanol–water partition coefficient (Wildman–Crippen LogP) is 3.89. The normalized spacial score (nSPS) is 12.9. The van der Waals surface area contributed by atoms with Crippen molar-refractivity contribution in [3.05, 3.63) is 58.6 Å². The maximum atomic E-state index is 6.13. The summed E-state index contributed by atoms with van der Waals surface area (Å²) in [6.45, 7) is 1.49. The lowest BCUT2D eigenvalue weighted by molar-refractivity contribution is 0.354. The van der Waals surface area contributed by atoms with Crippen LogP contribution in [0.25, 0.3) is 0 Å². The van der Waals surface area contributed by atoms with Crippen molar-refractivity contribution in [2.24, 2.45) is 0 Å². The monoisotopic (exact) mass is 259 g/mol. The first-order valence-corrected chi connectivity index (χ1v) is 6.44. The number of ether oxygens (including phenoxy) is 1. The maximum absolute atomic E-state index is 6.13. The van der Waals surface area contributed by atoms with Gasteiger partial charge in [0.2, 0.25) is 0 Å². The Labute approximate surface area is 112 Å². The zero-order valence-corrected chi connectivity index (χ0v) is 10.7. The van der Waals surface area contributed by atoms with Crippen LogP contribution in [0.1, 0.15) is 11.1 Å². The molecule has 0 atom stereocenters. The van der Waals surface area contributed by atoms with E-state index in [4.69, 9.17) is 16.3 Å². The number of benzene rings is 2. The Bertz CT molecular complexity index is 554. The summed E-state index contributed by atoms with van der Waals surface area (Å²) in [4.78, 5) is 0. The van der Waals surface area contributed by atoms with E-state index in [1.54, 1.807) is 0 Å². The summed E-state index contributed by atoms with van der Waals surface area (Å²) in [5.74, 6) is 1.00. The van der Waals surface area contributed by atoms with Gasteiger partial charge in [-0.15, -0.1) is 0 Å². The molecule has 2 nitrogen and oxygen atoms in total. The molecule has 92 valence electrons. The van der Waals surface area contributed by atoms with Gasteiger partial charge in [0.15, 0.2) is 0 Å². The van der Waals surface area contributed by atoms with E-state index in [1.165, 1.54) is 5.56 Å². The molecule has 3 rings (SSSR count). The molecule has 0 fully saturated rings. The van der Waals surface area contributed by atoms with Gasteiger partial charge in [-0.25, -0.2) is 0 Å². The van der Waals surface area contributed by atoms with E-state index < -0.39 is 0 Å². The van der Waals surface area contributed by atoms with Gasteiger partial charge in [0.25, 0.3) is 0 Å². The predicted molar refractivity (Wildman–Crippen MR) is 74.4 cm³/mol. The Morgan fingerprint density at radius 1 is 1.17 bits per heavy atom. The number of nitrogens with one attached hydrogen (secondary N) is 1. The zero-order chi connectivity index (χ0) is 12.4. The number of fused-ring (bicyclic) bond motifs is 1. The average Bonchev–Trinajstić information content (AvgIpc) is 2.85. The van der Waals surface area contributed by atoms with Crippen molar-refractivity contribution >= 4 is 17.3 Å². The van der Waals surface area contributed by atoms with Crippen molar-refractivity contribution in [1.29, 1.82) is 0 Å². The molecule has 3 heteroatoms. The highest BCUT2D eigenvalue weighted by atomic mass is 35.5. The second kappa shape index (κ2) is 4.91. The first-order chi connectivity index (χ1) is 8.83. The van der Waals surface area contributed by atoms with E-state index in [0.29, 0.717) is 0 Å². The number of rotatable bonds is 3. The summed E-state index contributed by atoms with van der Waals surface area (Å²) in [6.07, 6.45) is 0.953. The molecule has 0 spiro atoms. The minimum Gasteiger partial charge on any atom is -0.493 e. The molecular formula is C15H14ClNO. The molecule has 2 aromatic carbocycles. The molecule has 0 amide bonds. The molecule has 0 saturated carbocycles. The van der Waals surface area contributed by atoms with Crippen LogP contribution >= 0.6 is 11.6 Å². The highest BCUT2D eigenvalue weighted by molar-refractivity contribution is 6.30. The second-order valence-electron chi connectivity index (χ2n) is 4.37. The van der Waals surface area contributed by atoms with Gasteiger partial charge in [-0.2, -0.15) is 0 Å². The molecular weight excluding hydrogens is 246 g/mol. The summed E-state index contributed by atoms with van der Waals surface area (Å²) in [7, 11) is 0. The Morgan fingerprint density at radius 2 is 2.00 bits per heavy atom. The van der Waals surface area contributed by atoms with E-state index in [-0.39, 0.29) is 0 Å². The van der Waals surface area contributed by atoms with Crippen LogP contribution < -0.4 is 10.1 Å². The SMILES string of the molecule is Clc1cc2c(c(CNc3ccccc3)c1)OCC2. The largest absolute Gasteiger partial charge is 0.493 e. The standard InChI is InChI=1S/C15H14ClNO/c16-13-8-11-6-7-18-15(11)12(9-13)10-17-14-4-2-1-3-5-14/h1-5,8-9,17H,6-7,10H2. The minimum atomic E-state index is 0.729. The van der Waals surface area contributed by atoms with Crippen LogP contribution in [-0.4, -0.2) is 6.61 Å². The molecule has 1 aliphatic heterocycles. The van der Waals surface area contributed by atoms with Crippen molar-refractivity contribution in [2.75, 3.05) is 11.9 Å². The van der Waals surface area contributed by atoms with E-state index in [9.17, 15) is 0 Å². The molecule has 0 aromatic heterocycles. The zero-order valence-electron chi connectivity index (χ0n) is 9.95. The molecule has 0 radical (unpaired) electrons. The Kier molecular flexibility index (Phi) is 3.11. The molecule has 0 bridgehead atoms. The van der Waals surface area contributed by atoms with Crippen molar-refractivity contribution in [1.82, 2.24) is 0 Å². The lowest BCUT2D eigenvalue weighted by Gasteiger charge is -2.11. The molecule has 1 heterocycles. The van der Waals surface area contributed by atoms with Crippen LogP contribution in [0, 0.1) is 0 Å². The van der Waals surface area contributed by atoms with Crippen LogP contribution in [-0.2, 0) is 13.0 Å². The fourth-order valence-electron chi connectivity index (χ4n) is 2.23. The van der Waals surface area contributed by atoms with E-state index in [0.717, 1.165) is 41.6 Å². The van der Waals surface area contributed by atoms with Gasteiger partial charge in [0, 0.05) is 29.2 Å². The van der Waals surface area contributed by atoms with Gasteiger partial charge in [-0.05, 0) is 29.8 Å². The van der Waals surface area contributed by atoms with E-state index in [1.807, 2.05) is 42.5 Å². The van der Waals surface area contributed by atoms with Crippen LogP contribution in [0.3, 0.4) is 0 Å². The summed E-state index contributed by atoms with van der Waals surface area (Å²) in [6, 6.07) is 14.1. The molecule has 1 aliphatic rings. The van der Waals surface area contributed by atoms with Crippen LogP contribution in [0.4, 0.5) is 5.69 Å². The van der Waals surface area contributed by atoms with Gasteiger partial charge >= 0.3 is 0 Å². The lowest BCUT2D eigenvalue weighted by atomic mass is 10.1. The van der Waals surface area contributed by atoms with Crippen molar-refractivity contribution in [3.8, 4) is 5.75 Å². The fourth-order valence-corrected chi connectivity index (χ4v) is 2.49. The summed E-state index contributed by atoms with van der Waals surface area (Å²) < 4.78 is 5.67. The van der Waals surface area contributed by atoms with Crippen LogP contribution in [0.2, 0.25) is 5.02 Å². The van der Waals surface area contributed by atoms with Gasteiger partial charge in [-0.3, -0.25) is 0 Å². The first-order valence-electron chi connectivity index (χ1n) is 6.06. The highest BCUT2D eigenvalue weighted by Crippen LogP contribution is 2.33. The topological polar surface area (TPSA) is 21.3 Å². The first kappa shape index (κ1) is 11.4. The number of para-hydroxylation sites is 1. The summed E-state index contributed by atoms with van der Waals surface area (Å²) >= 11 is 6.13. The number of anilines is 1. The Morgan fingerprint density at radius 3 is 2.83 bits per heavy atom. The lowest BCUT2D eigenvalue weighted by Crippen LogP contribution is -2.01. The van der Waals surface area contributed by atoms with E-state index >= 15 is 0 Å². The quantitative estimate of drug-likeness (QED) is 0.903. The molecule has 2 aromatic rings. The van der Waals surface area contributed by atoms with Gasteiger partial charge < -0.3 is 10.1 Å². The van der Waals surface area contributed by atoms with Crippen molar-refractivity contribution < 1.29 is 4.74 Å². The maximum Gasteiger partial charge on any atom is 0.127 e. The smallest absolute Gasteiger partial charge is 0.127 e. The van der Waals surface area contributed by atoms with Crippen LogP contribution in [0.15, 0.2) is 42.5 Å². The van der Waals surface area contributed by atoms with Crippen molar-refractivity contribution in [3.63, 3.8) is 0 Å². The molecule has 18 heavy (non-hydrogen) atoms. The number of halogens is 1. The number of hydrogen-bond donors (Lipinski definition) is 1. The van der Waals surface area contributed by atoms with Gasteiger partial charge in [-0.1, -0.05) is 29.8 Å². The minimum absolute atomic E-state index is 0.729. The van der Waals surface area contributed by atoms with Crippen molar-refractivity contribution in [2.45, 2.75) is 13.0 Å². The molecule has 0 saturated heterocycles. The summed E-state index contributed by atoms with van der Waals surface area (Å²) in [5, 5.41) is 4.16. The third-order valence-electron chi connectivity index (χ3n) is 3.08. The van der Waals surface area contributed by atoms with E-state index in [2.05, 4.69) is 5.32 Å². The molecule has 0 aliphatic carbocycles. The third-order valence-corrected chi connectivity index (χ3v) is 3.30. The Hall–Kier alpha value is -1.67. The molecule has 1 N–H and O–H groups in total. The number of hydrogen-bond acceptors (Lipinski definition) is 2. The highest BCUT2D eigenvalue weighted by Gasteiger charge is 2.17. The average molecular weight is 260 g/mol. The van der Waals surface area contributed by atoms with Gasteiger partial charge in [0.05, 0.1) is 6.61 Å². The van der Waals surface area contributed by atoms with Crippen LogP contribution in [0.5, 0.6) is 5.75 Å².